The molecule has 0 aromatic carbocycles. The molecule has 204 valence electrons. The molecule has 0 unspecified atom stereocenters. The third kappa shape index (κ3) is 7.31. The van der Waals surface area contributed by atoms with Crippen molar-refractivity contribution in [2.24, 2.45) is 10.7 Å². The zero-order chi connectivity index (χ0) is 28.0. The maximum Gasteiger partial charge on any atom is 0.215 e. The molecule has 0 aliphatic heterocycles. The van der Waals surface area contributed by atoms with Crippen LogP contribution in [0.1, 0.15) is 35.9 Å². The Bertz CT molecular complexity index is 1460. The van der Waals surface area contributed by atoms with Crippen molar-refractivity contribution in [2.45, 2.75) is 45.5 Å². The number of nitrogens with two attached hydrogens (primary N) is 1. The molecule has 4 rings (SSSR count). The highest BCUT2D eigenvalue weighted by molar-refractivity contribution is 7.15. The van der Waals surface area contributed by atoms with Gasteiger partial charge < -0.3 is 10.5 Å². The van der Waals surface area contributed by atoms with E-state index in [1.165, 1.54) is 0 Å². The van der Waals surface area contributed by atoms with Crippen molar-refractivity contribution in [3.8, 4) is 0 Å². The summed E-state index contributed by atoms with van der Waals surface area (Å²) in [4.78, 5) is 20.0. The van der Waals surface area contributed by atoms with E-state index >= 15 is 0 Å². The molecule has 4 heterocycles. The number of hydrogen-bond donors (Lipinski definition) is 1. The van der Waals surface area contributed by atoms with E-state index < -0.39 is 8.07 Å². The third-order valence-corrected chi connectivity index (χ3v) is 8.97. The quantitative estimate of drug-likeness (QED) is 0.103. The van der Waals surface area contributed by atoms with Gasteiger partial charge in [0.05, 0.1) is 11.0 Å². The number of allylic oxidation sites excluding steroid dienone is 1. The number of aromatic nitrogens is 5. The van der Waals surface area contributed by atoms with Gasteiger partial charge in [0.1, 0.15) is 17.6 Å². The number of pyridine rings is 3. The Hall–Kier alpha value is -3.54. The highest BCUT2D eigenvalue weighted by Crippen LogP contribution is 2.31. The highest BCUT2D eigenvalue weighted by Gasteiger charge is 2.20. The number of anilines is 2. The second-order valence-electron chi connectivity index (χ2n) is 10.7. The Morgan fingerprint density at radius 1 is 1.10 bits per heavy atom. The lowest BCUT2D eigenvalue weighted by atomic mass is 10.0. The van der Waals surface area contributed by atoms with Crippen LogP contribution in [-0.4, -0.2) is 59.8 Å². The van der Waals surface area contributed by atoms with Crippen LogP contribution in [-0.2, 0) is 4.74 Å². The summed E-state index contributed by atoms with van der Waals surface area (Å²) in [5.74, 6) is 1.01. The van der Waals surface area contributed by atoms with E-state index in [0.29, 0.717) is 25.0 Å². The minimum atomic E-state index is -1.21. The maximum atomic E-state index is 6.56. The molecule has 0 spiro atoms. The maximum absolute atomic E-state index is 6.56. The summed E-state index contributed by atoms with van der Waals surface area (Å²) in [6.07, 6.45) is 6.98. The molecule has 11 heteroatoms. The number of fused-ring (bicyclic) bond motifs is 1. The molecule has 0 fully saturated rings. The predicted octanol–water partition coefficient (Wildman–Crippen LogP) is 5.98. The molecule has 39 heavy (non-hydrogen) atoms. The van der Waals surface area contributed by atoms with Crippen LogP contribution >= 0.6 is 11.3 Å². The van der Waals surface area contributed by atoms with Crippen LogP contribution in [0.25, 0.3) is 22.3 Å². The molecule has 0 amide bonds. The number of ether oxygens (including phenoxy) is 1. The van der Waals surface area contributed by atoms with Gasteiger partial charge in [-0.05, 0) is 36.4 Å². The van der Waals surface area contributed by atoms with Crippen LogP contribution in [0.4, 0.5) is 10.9 Å². The van der Waals surface area contributed by atoms with Crippen molar-refractivity contribution in [3.63, 3.8) is 0 Å². The molecular weight excluding hydrogens is 525 g/mol. The molecular formula is C28H36N8OSSi. The molecule has 0 aliphatic carbocycles. The topological polar surface area (TPSA) is 115 Å². The third-order valence-electron chi connectivity index (χ3n) is 6.02. The molecule has 0 atom stereocenters. The minimum Gasteiger partial charge on any atom is -0.398 e. The van der Waals surface area contributed by atoms with E-state index in [-0.39, 0.29) is 0 Å². The predicted molar refractivity (Wildman–Crippen MR) is 164 cm³/mol. The molecule has 0 saturated carbocycles. The Labute approximate surface area is 234 Å². The Kier molecular flexibility index (Phi) is 9.15. The first kappa shape index (κ1) is 28.5. The number of aliphatic imine (C=N–C) groups is 1. The van der Waals surface area contributed by atoms with E-state index in [0.717, 1.165) is 49.7 Å². The lowest BCUT2D eigenvalue weighted by Crippen LogP contribution is -2.26. The molecule has 0 bridgehead atoms. The highest BCUT2D eigenvalue weighted by atomic mass is 32.1. The lowest BCUT2D eigenvalue weighted by Gasteiger charge is -2.22. The first-order valence-corrected chi connectivity index (χ1v) is 17.5. The van der Waals surface area contributed by atoms with E-state index in [1.54, 1.807) is 43.2 Å². The zero-order valence-corrected chi connectivity index (χ0v) is 25.2. The van der Waals surface area contributed by atoms with Gasteiger partial charge in [-0.1, -0.05) is 44.8 Å². The van der Waals surface area contributed by atoms with Crippen LogP contribution in [0.15, 0.2) is 53.9 Å². The summed E-state index contributed by atoms with van der Waals surface area (Å²) in [7, 11) is 0.506. The van der Waals surface area contributed by atoms with Crippen molar-refractivity contribution in [2.75, 3.05) is 25.3 Å². The van der Waals surface area contributed by atoms with Crippen molar-refractivity contribution >= 4 is 58.9 Å². The van der Waals surface area contributed by atoms with Gasteiger partial charge in [-0.3, -0.25) is 19.9 Å². The first-order valence-electron chi connectivity index (χ1n) is 12.9. The second kappa shape index (κ2) is 12.5. The molecule has 2 N–H and O–H groups in total. The van der Waals surface area contributed by atoms with Gasteiger partial charge in [-0.2, -0.15) is 0 Å². The van der Waals surface area contributed by atoms with E-state index in [9.17, 15) is 0 Å². The SMILES string of the molecule is CN=CC(=C(N)c1ccncc1)c1cnc2ccc(N(COCC[Si](C)(C)C)c3nnc(C(C)C)s3)nc2c1. The molecule has 0 aliphatic rings. The van der Waals surface area contributed by atoms with Gasteiger partial charge in [0.15, 0.2) is 0 Å². The molecule has 0 radical (unpaired) electrons. The van der Waals surface area contributed by atoms with E-state index in [2.05, 4.69) is 58.6 Å². The van der Waals surface area contributed by atoms with Gasteiger partial charge >= 0.3 is 0 Å². The van der Waals surface area contributed by atoms with Crippen molar-refractivity contribution < 1.29 is 4.74 Å². The second-order valence-corrected chi connectivity index (χ2v) is 17.3. The van der Waals surface area contributed by atoms with Crippen LogP contribution < -0.4 is 10.6 Å². The molecule has 4 aromatic rings. The average Bonchev–Trinajstić information content (AvgIpc) is 3.41. The first-order chi connectivity index (χ1) is 18.7. The fourth-order valence-corrected chi connectivity index (χ4v) is 5.33. The molecule has 4 aromatic heterocycles. The smallest absolute Gasteiger partial charge is 0.215 e. The summed E-state index contributed by atoms with van der Waals surface area (Å²) >= 11 is 1.56. The van der Waals surface area contributed by atoms with Crippen LogP contribution in [0.3, 0.4) is 0 Å². The summed E-state index contributed by atoms with van der Waals surface area (Å²) in [6, 6.07) is 10.7. The van der Waals surface area contributed by atoms with Gasteiger partial charge in [0, 0.05) is 74.8 Å². The summed E-state index contributed by atoms with van der Waals surface area (Å²) < 4.78 is 6.13. The van der Waals surface area contributed by atoms with E-state index in [4.69, 9.17) is 15.5 Å². The standard InChI is InChI=1S/C28H36N8OSSi/c1-19(2)27-34-35-28(38-27)36(18-37-13-14-39(4,5)6)25-8-7-23-24(33-25)15-21(16-32-23)22(17-30-3)26(29)20-9-11-31-12-10-20/h7-12,15-17,19H,13-14,18,29H2,1-6H3. The molecule has 0 saturated heterocycles. The summed E-state index contributed by atoms with van der Waals surface area (Å²) in [5, 5.41) is 10.6. The zero-order valence-electron chi connectivity index (χ0n) is 23.4. The Balaban J connectivity index is 1.72. The van der Waals surface area contributed by atoms with E-state index in [1.807, 2.05) is 35.2 Å². The monoisotopic (exact) mass is 560 g/mol. The number of hydrogen-bond acceptors (Lipinski definition) is 10. The fourth-order valence-electron chi connectivity index (χ4n) is 3.73. The van der Waals surface area contributed by atoms with Crippen molar-refractivity contribution in [1.29, 1.82) is 0 Å². The summed E-state index contributed by atoms with van der Waals surface area (Å²) in [5.41, 5.74) is 11.1. The largest absolute Gasteiger partial charge is 0.398 e. The van der Waals surface area contributed by atoms with Gasteiger partial charge in [0.2, 0.25) is 5.13 Å². The van der Waals surface area contributed by atoms with Gasteiger partial charge in [-0.25, -0.2) is 4.98 Å². The van der Waals surface area contributed by atoms with Crippen LogP contribution in [0, 0.1) is 0 Å². The van der Waals surface area contributed by atoms with Crippen molar-refractivity contribution in [1.82, 2.24) is 25.1 Å². The number of nitrogens with zero attached hydrogens (tertiary/aromatic N) is 7. The average molecular weight is 561 g/mol. The van der Waals surface area contributed by atoms with Crippen LogP contribution in [0.5, 0.6) is 0 Å². The lowest BCUT2D eigenvalue weighted by molar-refractivity contribution is 0.153. The number of rotatable bonds is 11. The normalized spacial score (nSPS) is 12.9. The minimum absolute atomic E-state index is 0.290. The fraction of sp³-hybridized carbons (Fsp3) is 0.357. The molecule has 9 nitrogen and oxygen atoms in total. The van der Waals surface area contributed by atoms with Gasteiger partial charge in [0.25, 0.3) is 0 Å². The Morgan fingerprint density at radius 3 is 2.54 bits per heavy atom. The van der Waals surface area contributed by atoms with Crippen LogP contribution in [0.2, 0.25) is 25.7 Å². The Morgan fingerprint density at radius 2 is 1.87 bits per heavy atom. The van der Waals surface area contributed by atoms with Gasteiger partial charge in [-0.15, -0.1) is 10.2 Å². The summed E-state index contributed by atoms with van der Waals surface area (Å²) in [6.45, 7) is 12.3. The van der Waals surface area contributed by atoms with Crippen molar-refractivity contribution in [3.05, 3.63) is 65.1 Å².